The first-order chi connectivity index (χ1) is 20.3. The molecule has 3 fully saturated rings. The Morgan fingerprint density at radius 3 is 2.69 bits per heavy atom. The van der Waals surface area contributed by atoms with Gasteiger partial charge in [0.15, 0.2) is 29.1 Å². The van der Waals surface area contributed by atoms with Gasteiger partial charge in [-0.3, -0.25) is 5.32 Å². The summed E-state index contributed by atoms with van der Waals surface area (Å²) in [5.74, 6) is -0.127. The first-order valence-corrected chi connectivity index (χ1v) is 15.0. The molecule has 1 aliphatic heterocycles. The van der Waals surface area contributed by atoms with Gasteiger partial charge in [0, 0.05) is 12.5 Å². The summed E-state index contributed by atoms with van der Waals surface area (Å²) in [5.41, 5.74) is 2.20. The molecule has 2 aliphatic carbocycles. The molecule has 11 heteroatoms. The van der Waals surface area contributed by atoms with Crippen LogP contribution in [0.25, 0.3) is 17.2 Å². The van der Waals surface area contributed by atoms with Gasteiger partial charge in [-0.05, 0) is 69.4 Å². The van der Waals surface area contributed by atoms with Crippen molar-refractivity contribution in [3.8, 4) is 0 Å². The standard InChI is InChI=1S/C31H40N6O5/c1-3-32-30(40)36-27-24-28(34-17-33-27)37(18-35-24)23-16-21(13-12-20-10-7-11-22(20)29(38)39)25-26(23)42-31(2,41-25)15-14-19-8-5-4-6-9-19/h4-6,8-9,14-15,17-18,20-23,25-26,29,38-39H,3,7,10-13,16H2,1-2H3,(H2,32,33,34,36,40)/b15-14+. The number of amides is 2. The Morgan fingerprint density at radius 1 is 1.12 bits per heavy atom. The number of carbonyl (C=O) groups excluding carboxylic acids is 1. The average molecular weight is 577 g/mol. The quantitative estimate of drug-likeness (QED) is 0.277. The minimum Gasteiger partial charge on any atom is -0.368 e. The second-order valence-electron chi connectivity index (χ2n) is 11.9. The molecule has 3 aliphatic rings. The minimum atomic E-state index is -1.27. The van der Waals surface area contributed by atoms with Crippen molar-refractivity contribution in [3.05, 3.63) is 54.6 Å². The number of carbonyl (C=O) groups is 1. The van der Waals surface area contributed by atoms with Crippen LogP contribution < -0.4 is 10.6 Å². The number of rotatable bonds is 9. The number of aromatic nitrogens is 4. The van der Waals surface area contributed by atoms with Gasteiger partial charge in [0.1, 0.15) is 12.4 Å². The van der Waals surface area contributed by atoms with Crippen LogP contribution in [-0.4, -0.2) is 66.6 Å². The molecular formula is C31H40N6O5. The van der Waals surface area contributed by atoms with Gasteiger partial charge in [0.05, 0.1) is 18.5 Å². The lowest BCUT2D eigenvalue weighted by atomic mass is 9.87. The van der Waals surface area contributed by atoms with E-state index in [4.69, 9.17) is 9.47 Å². The van der Waals surface area contributed by atoms with Crippen LogP contribution in [0.1, 0.15) is 64.0 Å². The van der Waals surface area contributed by atoms with Crippen molar-refractivity contribution in [2.45, 2.75) is 82.7 Å². The molecule has 3 aromatic rings. The summed E-state index contributed by atoms with van der Waals surface area (Å²) in [7, 11) is 0. The van der Waals surface area contributed by atoms with Crippen molar-refractivity contribution >= 4 is 29.1 Å². The number of fused-ring (bicyclic) bond motifs is 2. The maximum atomic E-state index is 12.2. The summed E-state index contributed by atoms with van der Waals surface area (Å²) in [4.78, 5) is 25.6. The number of hydrogen-bond donors (Lipinski definition) is 4. The third-order valence-electron chi connectivity index (χ3n) is 9.12. The average Bonchev–Trinajstić information content (AvgIpc) is 3.75. The van der Waals surface area contributed by atoms with Crippen LogP contribution in [0, 0.1) is 17.8 Å². The number of anilines is 1. The van der Waals surface area contributed by atoms with Gasteiger partial charge in [-0.25, -0.2) is 19.7 Å². The van der Waals surface area contributed by atoms with Gasteiger partial charge < -0.3 is 29.6 Å². The Labute approximate surface area is 245 Å². The zero-order chi connectivity index (χ0) is 29.3. The molecule has 7 atom stereocenters. The number of ether oxygens (including phenoxy) is 2. The number of nitrogens with one attached hydrogen (secondary N) is 2. The summed E-state index contributed by atoms with van der Waals surface area (Å²) in [6, 6.07) is 9.63. The molecule has 42 heavy (non-hydrogen) atoms. The highest BCUT2D eigenvalue weighted by molar-refractivity contribution is 5.95. The van der Waals surface area contributed by atoms with E-state index in [0.717, 1.165) is 44.1 Å². The predicted molar refractivity (Wildman–Crippen MR) is 157 cm³/mol. The molecule has 1 aromatic carbocycles. The van der Waals surface area contributed by atoms with E-state index in [1.807, 2.05) is 60.9 Å². The van der Waals surface area contributed by atoms with E-state index in [9.17, 15) is 15.0 Å². The van der Waals surface area contributed by atoms with Crippen LogP contribution in [-0.2, 0) is 9.47 Å². The summed E-state index contributed by atoms with van der Waals surface area (Å²) < 4.78 is 15.4. The molecule has 224 valence electrons. The van der Waals surface area contributed by atoms with Gasteiger partial charge in [0.25, 0.3) is 0 Å². The fourth-order valence-electron chi connectivity index (χ4n) is 7.13. The lowest BCUT2D eigenvalue weighted by Gasteiger charge is -2.26. The number of hydrogen-bond acceptors (Lipinski definition) is 8. The van der Waals surface area contributed by atoms with Crippen LogP contribution in [0.3, 0.4) is 0 Å². The molecule has 6 rings (SSSR count). The molecule has 2 saturated carbocycles. The topological polar surface area (TPSA) is 144 Å². The number of nitrogens with zero attached hydrogens (tertiary/aromatic N) is 4. The Morgan fingerprint density at radius 2 is 1.90 bits per heavy atom. The van der Waals surface area contributed by atoms with Gasteiger partial charge in [-0.1, -0.05) is 42.8 Å². The largest absolute Gasteiger partial charge is 0.368 e. The van der Waals surface area contributed by atoms with Gasteiger partial charge >= 0.3 is 6.03 Å². The van der Waals surface area contributed by atoms with E-state index in [0.29, 0.717) is 29.4 Å². The lowest BCUT2D eigenvalue weighted by Crippen LogP contribution is -2.29. The number of benzene rings is 1. The Kier molecular flexibility index (Phi) is 8.26. The number of urea groups is 1. The second kappa shape index (κ2) is 12.1. The molecule has 0 bridgehead atoms. The fourth-order valence-corrected chi connectivity index (χ4v) is 7.13. The van der Waals surface area contributed by atoms with Gasteiger partial charge in [-0.2, -0.15) is 0 Å². The van der Waals surface area contributed by atoms with E-state index in [1.54, 1.807) is 6.33 Å². The molecule has 0 radical (unpaired) electrons. The number of imidazole rings is 1. The normalized spacial score (nSPS) is 30.9. The molecule has 3 heterocycles. The van der Waals surface area contributed by atoms with Gasteiger partial charge in [0.2, 0.25) is 0 Å². The van der Waals surface area contributed by atoms with Crippen LogP contribution >= 0.6 is 0 Å². The monoisotopic (exact) mass is 576 g/mol. The minimum absolute atomic E-state index is 0.0667. The van der Waals surface area contributed by atoms with Crippen molar-refractivity contribution in [1.82, 2.24) is 24.8 Å². The number of aliphatic hydroxyl groups excluding tert-OH is 1. The third-order valence-corrected chi connectivity index (χ3v) is 9.12. The van der Waals surface area contributed by atoms with E-state index >= 15 is 0 Å². The van der Waals surface area contributed by atoms with E-state index < -0.39 is 12.1 Å². The first-order valence-electron chi connectivity index (χ1n) is 15.0. The predicted octanol–water partition coefficient (Wildman–Crippen LogP) is 4.25. The van der Waals surface area contributed by atoms with Crippen LogP contribution in [0.2, 0.25) is 0 Å². The van der Waals surface area contributed by atoms with Crippen molar-refractivity contribution < 1.29 is 24.5 Å². The maximum absolute atomic E-state index is 12.2. The molecule has 1 saturated heterocycles. The third kappa shape index (κ3) is 5.78. The van der Waals surface area contributed by atoms with Crippen molar-refractivity contribution in [3.63, 3.8) is 0 Å². The highest BCUT2D eigenvalue weighted by Gasteiger charge is 2.55. The zero-order valence-electron chi connectivity index (χ0n) is 24.1. The first kappa shape index (κ1) is 28.7. The highest BCUT2D eigenvalue weighted by atomic mass is 16.8. The smallest absolute Gasteiger partial charge is 0.320 e. The van der Waals surface area contributed by atoms with Crippen LogP contribution in [0.15, 0.2) is 49.1 Å². The Balaban J connectivity index is 1.27. The summed E-state index contributed by atoms with van der Waals surface area (Å²) in [6.45, 7) is 4.30. The molecule has 4 N–H and O–H groups in total. The highest BCUT2D eigenvalue weighted by Crippen LogP contribution is 2.50. The summed E-state index contributed by atoms with van der Waals surface area (Å²) in [5, 5.41) is 25.3. The summed E-state index contributed by atoms with van der Waals surface area (Å²) in [6.07, 6.45) is 11.1. The molecule has 2 aromatic heterocycles. The van der Waals surface area contributed by atoms with E-state index in [1.165, 1.54) is 6.33 Å². The summed E-state index contributed by atoms with van der Waals surface area (Å²) >= 11 is 0. The second-order valence-corrected chi connectivity index (χ2v) is 11.9. The Hall–Kier alpha value is -3.38. The van der Waals surface area contributed by atoms with Crippen LogP contribution in [0.5, 0.6) is 0 Å². The lowest BCUT2D eigenvalue weighted by molar-refractivity contribution is -0.137. The number of aliphatic hydroxyl groups is 2. The van der Waals surface area contributed by atoms with Crippen molar-refractivity contribution in [1.29, 1.82) is 0 Å². The maximum Gasteiger partial charge on any atom is 0.320 e. The molecule has 0 spiro atoms. The Bertz CT molecular complexity index is 1410. The molecule has 2 amide bonds. The molecule has 11 nitrogen and oxygen atoms in total. The fraction of sp³-hybridized carbons (Fsp3) is 0.548. The SMILES string of the molecule is CCNC(=O)Nc1ncnc2c1ncn2C1CC(CCC2CCCC2C(O)O)C2OC(C)(/C=C/c3ccccc3)OC21. The zero-order valence-corrected chi connectivity index (χ0v) is 24.1. The molecule has 7 unspecified atom stereocenters. The van der Waals surface area contributed by atoms with Crippen molar-refractivity contribution in [2.24, 2.45) is 17.8 Å². The molecular weight excluding hydrogens is 536 g/mol. The van der Waals surface area contributed by atoms with E-state index in [2.05, 4.69) is 25.6 Å². The van der Waals surface area contributed by atoms with Crippen LogP contribution in [0.4, 0.5) is 10.6 Å². The van der Waals surface area contributed by atoms with E-state index in [-0.39, 0.29) is 36.1 Å². The van der Waals surface area contributed by atoms with Gasteiger partial charge in [-0.15, -0.1) is 0 Å². The van der Waals surface area contributed by atoms with Crippen molar-refractivity contribution in [2.75, 3.05) is 11.9 Å².